The van der Waals surface area contributed by atoms with Crippen molar-refractivity contribution in [1.82, 2.24) is 15.0 Å². The molecule has 94 valence electrons. The molecule has 0 aliphatic rings. The number of pyridine rings is 1. The van der Waals surface area contributed by atoms with Crippen molar-refractivity contribution >= 4 is 17.0 Å². The van der Waals surface area contributed by atoms with Crippen LogP contribution in [-0.2, 0) is 6.54 Å². The van der Waals surface area contributed by atoms with E-state index >= 15 is 0 Å². The molecule has 4 nitrogen and oxygen atoms in total. The molecule has 3 aromatic rings. The standard InChI is InChI=1S/C15H14N4/c1-11-3-2-4-12(9-11)10-18-14-6-5-13-15(19-14)17-8-7-16-13/h2-9H,10H2,1H3,(H,17,18,19). The van der Waals surface area contributed by atoms with Crippen LogP contribution in [-0.4, -0.2) is 15.0 Å². The number of aromatic nitrogens is 3. The minimum Gasteiger partial charge on any atom is -0.366 e. The molecule has 0 aliphatic carbocycles. The predicted molar refractivity (Wildman–Crippen MR) is 75.8 cm³/mol. The van der Waals surface area contributed by atoms with E-state index in [9.17, 15) is 0 Å². The Morgan fingerprint density at radius 2 is 1.95 bits per heavy atom. The molecule has 0 aliphatic heterocycles. The van der Waals surface area contributed by atoms with Gasteiger partial charge in [0.05, 0.1) is 0 Å². The van der Waals surface area contributed by atoms with Gasteiger partial charge in [0, 0.05) is 18.9 Å². The SMILES string of the molecule is Cc1cccc(CNc2ccc3nccnc3n2)c1. The normalized spacial score (nSPS) is 10.6. The van der Waals surface area contributed by atoms with Crippen LogP contribution in [0.25, 0.3) is 11.2 Å². The molecule has 4 heteroatoms. The van der Waals surface area contributed by atoms with Crippen molar-refractivity contribution in [3.63, 3.8) is 0 Å². The summed E-state index contributed by atoms with van der Waals surface area (Å²) >= 11 is 0. The van der Waals surface area contributed by atoms with Gasteiger partial charge >= 0.3 is 0 Å². The molecular weight excluding hydrogens is 236 g/mol. The van der Waals surface area contributed by atoms with Crippen molar-refractivity contribution < 1.29 is 0 Å². The molecule has 0 fully saturated rings. The maximum Gasteiger partial charge on any atom is 0.180 e. The van der Waals surface area contributed by atoms with Gasteiger partial charge in [-0.1, -0.05) is 29.8 Å². The monoisotopic (exact) mass is 250 g/mol. The van der Waals surface area contributed by atoms with E-state index < -0.39 is 0 Å². The molecule has 2 aromatic heterocycles. The highest BCUT2D eigenvalue weighted by atomic mass is 15.0. The first-order chi connectivity index (χ1) is 9.31. The molecule has 1 N–H and O–H groups in total. The van der Waals surface area contributed by atoms with Crippen molar-refractivity contribution in [3.05, 3.63) is 59.9 Å². The van der Waals surface area contributed by atoms with Gasteiger partial charge < -0.3 is 5.32 Å². The molecular formula is C15H14N4. The van der Waals surface area contributed by atoms with E-state index in [0.29, 0.717) is 5.65 Å². The van der Waals surface area contributed by atoms with Gasteiger partial charge in [0.2, 0.25) is 0 Å². The summed E-state index contributed by atoms with van der Waals surface area (Å²) in [5.41, 5.74) is 3.97. The molecule has 0 spiro atoms. The minimum absolute atomic E-state index is 0.664. The highest BCUT2D eigenvalue weighted by Gasteiger charge is 2.00. The van der Waals surface area contributed by atoms with Gasteiger partial charge in [0.25, 0.3) is 0 Å². The van der Waals surface area contributed by atoms with Gasteiger partial charge in [0.1, 0.15) is 11.3 Å². The number of anilines is 1. The Kier molecular flexibility index (Phi) is 3.06. The van der Waals surface area contributed by atoms with Gasteiger partial charge in [-0.3, -0.25) is 4.98 Å². The Bertz CT molecular complexity index is 709. The molecule has 0 unspecified atom stereocenters. The van der Waals surface area contributed by atoms with Crippen LogP contribution in [0.15, 0.2) is 48.8 Å². The third-order valence-electron chi connectivity index (χ3n) is 2.89. The number of rotatable bonds is 3. The van der Waals surface area contributed by atoms with E-state index in [1.165, 1.54) is 11.1 Å². The fourth-order valence-electron chi connectivity index (χ4n) is 1.97. The van der Waals surface area contributed by atoms with E-state index in [-0.39, 0.29) is 0 Å². The molecule has 19 heavy (non-hydrogen) atoms. The Balaban J connectivity index is 1.78. The number of nitrogens with one attached hydrogen (secondary N) is 1. The first-order valence-corrected chi connectivity index (χ1v) is 6.18. The van der Waals surface area contributed by atoms with Crippen LogP contribution >= 0.6 is 0 Å². The molecule has 2 heterocycles. The highest BCUT2D eigenvalue weighted by Crippen LogP contribution is 2.12. The Morgan fingerprint density at radius 1 is 1.05 bits per heavy atom. The lowest BCUT2D eigenvalue weighted by atomic mass is 10.1. The fraction of sp³-hybridized carbons (Fsp3) is 0.133. The number of nitrogens with zero attached hydrogens (tertiary/aromatic N) is 3. The lowest BCUT2D eigenvalue weighted by Gasteiger charge is -2.06. The lowest BCUT2D eigenvalue weighted by molar-refractivity contribution is 1.10. The maximum absolute atomic E-state index is 4.43. The topological polar surface area (TPSA) is 50.7 Å². The summed E-state index contributed by atoms with van der Waals surface area (Å²) < 4.78 is 0. The van der Waals surface area contributed by atoms with Crippen molar-refractivity contribution in [2.45, 2.75) is 13.5 Å². The smallest absolute Gasteiger partial charge is 0.180 e. The quantitative estimate of drug-likeness (QED) is 0.776. The van der Waals surface area contributed by atoms with Crippen LogP contribution in [0.2, 0.25) is 0 Å². The fourth-order valence-corrected chi connectivity index (χ4v) is 1.97. The molecule has 3 rings (SSSR count). The van der Waals surface area contributed by atoms with Gasteiger partial charge in [-0.15, -0.1) is 0 Å². The van der Waals surface area contributed by atoms with Crippen LogP contribution in [0, 0.1) is 6.92 Å². The summed E-state index contributed by atoms with van der Waals surface area (Å²) in [4.78, 5) is 12.8. The van der Waals surface area contributed by atoms with E-state index in [1.54, 1.807) is 12.4 Å². The van der Waals surface area contributed by atoms with E-state index in [4.69, 9.17) is 0 Å². The highest BCUT2D eigenvalue weighted by molar-refractivity contribution is 5.71. The van der Waals surface area contributed by atoms with Gasteiger partial charge in [-0.2, -0.15) is 0 Å². The third kappa shape index (κ3) is 2.68. The average Bonchev–Trinajstić information content (AvgIpc) is 2.45. The molecule has 0 amide bonds. The van der Waals surface area contributed by atoms with Crippen LogP contribution in [0.5, 0.6) is 0 Å². The zero-order valence-electron chi connectivity index (χ0n) is 10.7. The summed E-state index contributed by atoms with van der Waals surface area (Å²) in [6.07, 6.45) is 3.32. The summed E-state index contributed by atoms with van der Waals surface area (Å²) in [6.45, 7) is 2.84. The first kappa shape index (κ1) is 11.6. The molecule has 1 aromatic carbocycles. The summed E-state index contributed by atoms with van der Waals surface area (Å²) in [5, 5.41) is 3.30. The predicted octanol–water partition coefficient (Wildman–Crippen LogP) is 2.95. The minimum atomic E-state index is 0.664. The van der Waals surface area contributed by atoms with E-state index in [1.807, 2.05) is 12.1 Å². The zero-order chi connectivity index (χ0) is 13.1. The van der Waals surface area contributed by atoms with Crippen molar-refractivity contribution in [1.29, 1.82) is 0 Å². The van der Waals surface area contributed by atoms with Crippen LogP contribution in [0.1, 0.15) is 11.1 Å². The number of fused-ring (bicyclic) bond motifs is 1. The van der Waals surface area contributed by atoms with Crippen molar-refractivity contribution in [3.8, 4) is 0 Å². The lowest BCUT2D eigenvalue weighted by Crippen LogP contribution is -2.02. The number of aryl methyl sites for hydroxylation is 1. The van der Waals surface area contributed by atoms with Crippen molar-refractivity contribution in [2.75, 3.05) is 5.32 Å². The maximum atomic E-state index is 4.43. The van der Waals surface area contributed by atoms with Crippen molar-refractivity contribution in [2.24, 2.45) is 0 Å². The molecule has 0 saturated carbocycles. The summed E-state index contributed by atoms with van der Waals surface area (Å²) in [6, 6.07) is 12.3. The van der Waals surface area contributed by atoms with E-state index in [0.717, 1.165) is 17.9 Å². The molecule has 0 bridgehead atoms. The van der Waals surface area contributed by atoms with Gasteiger partial charge in [-0.05, 0) is 24.6 Å². The largest absolute Gasteiger partial charge is 0.366 e. The number of hydrogen-bond acceptors (Lipinski definition) is 4. The summed E-state index contributed by atoms with van der Waals surface area (Å²) in [5.74, 6) is 0.814. The molecule has 0 radical (unpaired) electrons. The first-order valence-electron chi connectivity index (χ1n) is 6.18. The zero-order valence-corrected chi connectivity index (χ0v) is 10.7. The van der Waals surface area contributed by atoms with Crippen LogP contribution in [0.3, 0.4) is 0 Å². The average molecular weight is 250 g/mol. The number of hydrogen-bond donors (Lipinski definition) is 1. The Labute approximate surface area is 111 Å². The third-order valence-corrected chi connectivity index (χ3v) is 2.89. The Hall–Kier alpha value is -2.49. The second kappa shape index (κ2) is 5.02. The second-order valence-corrected chi connectivity index (χ2v) is 4.44. The summed E-state index contributed by atoms with van der Waals surface area (Å²) in [7, 11) is 0. The van der Waals surface area contributed by atoms with E-state index in [2.05, 4.69) is 51.5 Å². The van der Waals surface area contributed by atoms with Crippen LogP contribution in [0.4, 0.5) is 5.82 Å². The van der Waals surface area contributed by atoms with Gasteiger partial charge in [-0.25, -0.2) is 9.97 Å². The Morgan fingerprint density at radius 3 is 2.84 bits per heavy atom. The molecule has 0 saturated heterocycles. The van der Waals surface area contributed by atoms with Crippen LogP contribution < -0.4 is 5.32 Å². The second-order valence-electron chi connectivity index (χ2n) is 4.44. The molecule has 0 atom stereocenters. The van der Waals surface area contributed by atoms with Gasteiger partial charge in [0.15, 0.2) is 5.65 Å². The number of benzene rings is 1.